The van der Waals surface area contributed by atoms with Gasteiger partial charge in [-0.1, -0.05) is 42.5 Å². The average molecular weight is 434 g/mol. The highest BCUT2D eigenvalue weighted by molar-refractivity contribution is 7.80. The van der Waals surface area contributed by atoms with E-state index in [9.17, 15) is 19.7 Å². The number of anilines is 2. The summed E-state index contributed by atoms with van der Waals surface area (Å²) in [7, 11) is 0. The number of nitro groups is 1. The molecule has 31 heavy (non-hydrogen) atoms. The monoisotopic (exact) mass is 434 g/mol. The van der Waals surface area contributed by atoms with Crippen molar-refractivity contribution in [3.05, 3.63) is 100 Å². The summed E-state index contributed by atoms with van der Waals surface area (Å²) < 4.78 is 0. The number of amides is 2. The summed E-state index contributed by atoms with van der Waals surface area (Å²) in [5.41, 5.74) is 1.95. The van der Waals surface area contributed by atoms with E-state index in [2.05, 4.69) is 16.0 Å². The van der Waals surface area contributed by atoms with Gasteiger partial charge in [-0.3, -0.25) is 25.0 Å². The first kappa shape index (κ1) is 21.6. The molecule has 0 fully saturated rings. The van der Waals surface area contributed by atoms with Crippen LogP contribution in [-0.4, -0.2) is 21.9 Å². The molecule has 2 amide bonds. The lowest BCUT2D eigenvalue weighted by Crippen LogP contribution is -2.34. The average Bonchev–Trinajstić information content (AvgIpc) is 2.74. The Labute approximate surface area is 183 Å². The minimum atomic E-state index is -0.578. The predicted molar refractivity (Wildman–Crippen MR) is 122 cm³/mol. The van der Waals surface area contributed by atoms with Crippen molar-refractivity contribution in [1.82, 2.24) is 5.32 Å². The number of carbonyl (C=O) groups is 2. The van der Waals surface area contributed by atoms with Gasteiger partial charge in [-0.05, 0) is 42.0 Å². The highest BCUT2D eigenvalue weighted by Crippen LogP contribution is 2.16. The second-order valence-electron chi connectivity index (χ2n) is 6.51. The highest BCUT2D eigenvalue weighted by atomic mass is 32.1. The number of benzene rings is 3. The summed E-state index contributed by atoms with van der Waals surface area (Å²) >= 11 is 5.15. The fourth-order valence-electron chi connectivity index (χ4n) is 2.76. The van der Waals surface area contributed by atoms with Gasteiger partial charge in [0.25, 0.3) is 11.6 Å². The molecule has 9 heteroatoms. The van der Waals surface area contributed by atoms with Gasteiger partial charge in [-0.25, -0.2) is 0 Å². The number of thiocarbonyl (C=S) groups is 1. The van der Waals surface area contributed by atoms with E-state index < -0.39 is 10.8 Å². The third kappa shape index (κ3) is 6.44. The third-order valence-electron chi connectivity index (χ3n) is 4.16. The molecule has 0 bridgehead atoms. The Bertz CT molecular complexity index is 1140. The number of nitrogens with zero attached hydrogens (tertiary/aromatic N) is 1. The predicted octanol–water partition coefficient (Wildman–Crippen LogP) is 3.90. The van der Waals surface area contributed by atoms with Crippen molar-refractivity contribution >= 4 is 46.2 Å². The van der Waals surface area contributed by atoms with Gasteiger partial charge in [0, 0.05) is 29.1 Å². The van der Waals surface area contributed by atoms with Crippen LogP contribution in [0.2, 0.25) is 0 Å². The zero-order chi connectivity index (χ0) is 22.2. The van der Waals surface area contributed by atoms with Crippen LogP contribution in [0, 0.1) is 10.1 Å². The maximum Gasteiger partial charge on any atom is 0.270 e. The fraction of sp³-hybridized carbons (Fsp3) is 0.0455. The lowest BCUT2D eigenvalue weighted by atomic mass is 10.1. The largest absolute Gasteiger partial charge is 0.332 e. The van der Waals surface area contributed by atoms with Crippen molar-refractivity contribution in [2.45, 2.75) is 6.42 Å². The van der Waals surface area contributed by atoms with Crippen LogP contribution < -0.4 is 16.0 Å². The first-order valence-electron chi connectivity index (χ1n) is 9.21. The van der Waals surface area contributed by atoms with E-state index in [1.807, 2.05) is 30.3 Å². The van der Waals surface area contributed by atoms with E-state index in [4.69, 9.17) is 12.2 Å². The topological polar surface area (TPSA) is 113 Å². The molecule has 0 aliphatic heterocycles. The standard InChI is InChI=1S/C22H18N4O4S/c27-20(12-15-6-2-1-3-7-15)23-17-9-5-10-18(14-17)24-22(31)25-21(28)16-8-4-11-19(13-16)26(29)30/h1-11,13-14H,12H2,(H,23,27)(H2,24,25,28,31). The smallest absolute Gasteiger partial charge is 0.270 e. The van der Waals surface area contributed by atoms with Crippen molar-refractivity contribution in [3.63, 3.8) is 0 Å². The molecule has 0 saturated heterocycles. The molecule has 0 aliphatic carbocycles. The maximum atomic E-state index is 12.3. The van der Waals surface area contributed by atoms with Crippen LogP contribution in [0.15, 0.2) is 78.9 Å². The van der Waals surface area contributed by atoms with Crippen LogP contribution >= 0.6 is 12.2 Å². The van der Waals surface area contributed by atoms with Crippen LogP contribution in [0.1, 0.15) is 15.9 Å². The lowest BCUT2D eigenvalue weighted by Gasteiger charge is -2.11. The van der Waals surface area contributed by atoms with Gasteiger partial charge in [0.2, 0.25) is 5.91 Å². The van der Waals surface area contributed by atoms with Crippen LogP contribution in [-0.2, 0) is 11.2 Å². The Balaban J connectivity index is 1.58. The van der Waals surface area contributed by atoms with Gasteiger partial charge in [-0.2, -0.15) is 0 Å². The van der Waals surface area contributed by atoms with Crippen molar-refractivity contribution in [2.75, 3.05) is 10.6 Å². The minimum absolute atomic E-state index is 0.0178. The first-order valence-corrected chi connectivity index (χ1v) is 9.62. The third-order valence-corrected chi connectivity index (χ3v) is 4.36. The van der Waals surface area contributed by atoms with Crippen molar-refractivity contribution in [3.8, 4) is 0 Å². The van der Waals surface area contributed by atoms with E-state index in [-0.39, 0.29) is 28.7 Å². The zero-order valence-corrected chi connectivity index (χ0v) is 17.0. The molecule has 0 aliphatic rings. The molecular weight excluding hydrogens is 416 g/mol. The van der Waals surface area contributed by atoms with Crippen LogP contribution in [0.5, 0.6) is 0 Å². The number of carbonyl (C=O) groups excluding carboxylic acids is 2. The summed E-state index contributed by atoms with van der Waals surface area (Å²) in [6.07, 6.45) is 0.246. The molecule has 3 N–H and O–H groups in total. The van der Waals surface area contributed by atoms with Crippen LogP contribution in [0.25, 0.3) is 0 Å². The zero-order valence-electron chi connectivity index (χ0n) is 16.2. The summed E-state index contributed by atoms with van der Waals surface area (Å²) in [6.45, 7) is 0. The molecule has 0 aromatic heterocycles. The Hall–Kier alpha value is -4.11. The molecule has 0 spiro atoms. The quantitative estimate of drug-likeness (QED) is 0.308. The minimum Gasteiger partial charge on any atom is -0.332 e. The van der Waals surface area contributed by atoms with Gasteiger partial charge in [-0.15, -0.1) is 0 Å². The number of nitro benzene ring substituents is 1. The van der Waals surface area contributed by atoms with E-state index in [0.717, 1.165) is 5.56 Å². The van der Waals surface area contributed by atoms with Crippen molar-refractivity contribution in [1.29, 1.82) is 0 Å². The number of hydrogen-bond donors (Lipinski definition) is 3. The summed E-state index contributed by atoms with van der Waals surface area (Å²) in [5.74, 6) is -0.738. The first-order chi connectivity index (χ1) is 14.9. The number of hydrogen-bond acceptors (Lipinski definition) is 5. The number of rotatable bonds is 6. The molecule has 8 nitrogen and oxygen atoms in total. The molecule has 0 unspecified atom stereocenters. The molecule has 0 atom stereocenters. The van der Waals surface area contributed by atoms with Gasteiger partial charge in [0.1, 0.15) is 0 Å². The van der Waals surface area contributed by atoms with E-state index in [1.54, 1.807) is 24.3 Å². The molecular formula is C22H18N4O4S. The second kappa shape index (κ2) is 10.1. The molecule has 3 aromatic carbocycles. The van der Waals surface area contributed by atoms with E-state index >= 15 is 0 Å². The fourth-order valence-corrected chi connectivity index (χ4v) is 2.97. The lowest BCUT2D eigenvalue weighted by molar-refractivity contribution is -0.384. The SMILES string of the molecule is O=C(Cc1ccccc1)Nc1cccc(NC(=S)NC(=O)c2cccc([N+](=O)[O-])c2)c1. The van der Waals surface area contributed by atoms with Crippen molar-refractivity contribution < 1.29 is 14.5 Å². The van der Waals surface area contributed by atoms with Crippen molar-refractivity contribution in [2.24, 2.45) is 0 Å². The Morgan fingerprint density at radius 2 is 1.55 bits per heavy atom. The maximum absolute atomic E-state index is 12.3. The Morgan fingerprint density at radius 3 is 2.26 bits per heavy atom. The number of nitrogens with one attached hydrogen (secondary N) is 3. The molecule has 0 radical (unpaired) electrons. The molecule has 3 rings (SSSR count). The van der Waals surface area contributed by atoms with Gasteiger partial charge >= 0.3 is 0 Å². The molecule has 3 aromatic rings. The van der Waals surface area contributed by atoms with E-state index in [1.165, 1.54) is 24.3 Å². The molecule has 0 saturated carbocycles. The van der Waals surface area contributed by atoms with Crippen LogP contribution in [0.4, 0.5) is 17.1 Å². The number of non-ortho nitro benzene ring substituents is 1. The normalized spacial score (nSPS) is 10.1. The van der Waals surface area contributed by atoms with Crippen LogP contribution in [0.3, 0.4) is 0 Å². The second-order valence-corrected chi connectivity index (χ2v) is 6.92. The van der Waals surface area contributed by atoms with Gasteiger partial charge in [0.15, 0.2) is 5.11 Å². The Morgan fingerprint density at radius 1 is 0.871 bits per heavy atom. The van der Waals surface area contributed by atoms with E-state index in [0.29, 0.717) is 11.4 Å². The highest BCUT2D eigenvalue weighted by Gasteiger charge is 2.13. The Kier molecular flexibility index (Phi) is 7.02. The van der Waals surface area contributed by atoms with Gasteiger partial charge in [0.05, 0.1) is 11.3 Å². The summed E-state index contributed by atoms with van der Waals surface area (Å²) in [6, 6.07) is 21.6. The summed E-state index contributed by atoms with van der Waals surface area (Å²) in [5, 5.41) is 19.0. The van der Waals surface area contributed by atoms with Gasteiger partial charge < -0.3 is 10.6 Å². The summed E-state index contributed by atoms with van der Waals surface area (Å²) in [4.78, 5) is 34.8. The molecule has 0 heterocycles. The molecule has 156 valence electrons.